The predicted octanol–water partition coefficient (Wildman–Crippen LogP) is 2.41. The van der Waals surface area contributed by atoms with Crippen LogP contribution in [0.1, 0.15) is 51.9 Å². The summed E-state index contributed by atoms with van der Waals surface area (Å²) in [4.78, 5) is 2.58. The number of likely N-dealkylation sites (N-methyl/N-ethyl adjacent to an activating group) is 1. The van der Waals surface area contributed by atoms with Crippen molar-refractivity contribution in [3.05, 3.63) is 0 Å². The van der Waals surface area contributed by atoms with Crippen molar-refractivity contribution in [2.45, 2.75) is 70.1 Å². The minimum Gasteiger partial charge on any atom is -0.378 e. The van der Waals surface area contributed by atoms with Crippen molar-refractivity contribution < 1.29 is 4.74 Å². The molecule has 3 nitrogen and oxygen atoms in total. The van der Waals surface area contributed by atoms with Crippen molar-refractivity contribution in [3.63, 3.8) is 0 Å². The molecule has 18 heavy (non-hydrogen) atoms. The number of nitrogens with one attached hydrogen (secondary N) is 1. The molecule has 2 aliphatic rings. The van der Waals surface area contributed by atoms with Gasteiger partial charge in [0, 0.05) is 25.2 Å². The standard InChI is InChI=1S/C15H30N2O/c1-3-6-15-11-14(8-10-18-15)17(2)12-13-7-4-5-9-16-13/h13-16H,3-12H2,1-2H3. The zero-order valence-electron chi connectivity index (χ0n) is 12.2. The summed E-state index contributed by atoms with van der Waals surface area (Å²) in [5.41, 5.74) is 0. The van der Waals surface area contributed by atoms with E-state index in [4.69, 9.17) is 4.74 Å². The summed E-state index contributed by atoms with van der Waals surface area (Å²) >= 11 is 0. The molecule has 0 aliphatic carbocycles. The van der Waals surface area contributed by atoms with E-state index in [1.807, 2.05) is 0 Å². The molecule has 2 heterocycles. The van der Waals surface area contributed by atoms with Gasteiger partial charge in [-0.2, -0.15) is 0 Å². The molecule has 2 aliphatic heterocycles. The van der Waals surface area contributed by atoms with Gasteiger partial charge in [0.15, 0.2) is 0 Å². The third-order valence-electron chi connectivity index (χ3n) is 4.49. The minimum absolute atomic E-state index is 0.510. The highest BCUT2D eigenvalue weighted by Crippen LogP contribution is 2.22. The van der Waals surface area contributed by atoms with E-state index >= 15 is 0 Å². The fraction of sp³-hybridized carbons (Fsp3) is 1.00. The third-order valence-corrected chi connectivity index (χ3v) is 4.49. The first-order chi connectivity index (χ1) is 8.79. The van der Waals surface area contributed by atoms with Crippen molar-refractivity contribution in [2.24, 2.45) is 0 Å². The van der Waals surface area contributed by atoms with Gasteiger partial charge in [-0.15, -0.1) is 0 Å². The van der Waals surface area contributed by atoms with Crippen LogP contribution in [0.25, 0.3) is 0 Å². The van der Waals surface area contributed by atoms with E-state index in [1.165, 1.54) is 58.0 Å². The second-order valence-corrected chi connectivity index (χ2v) is 6.05. The first kappa shape index (κ1) is 14.3. The lowest BCUT2D eigenvalue weighted by Gasteiger charge is -2.38. The maximum absolute atomic E-state index is 5.85. The fourth-order valence-electron chi connectivity index (χ4n) is 3.36. The summed E-state index contributed by atoms with van der Waals surface area (Å²) < 4.78 is 5.85. The molecule has 0 amide bonds. The average molecular weight is 254 g/mol. The van der Waals surface area contributed by atoms with E-state index in [-0.39, 0.29) is 0 Å². The summed E-state index contributed by atoms with van der Waals surface area (Å²) in [7, 11) is 2.30. The molecule has 3 atom stereocenters. The molecule has 2 rings (SSSR count). The highest BCUT2D eigenvalue weighted by molar-refractivity contribution is 4.82. The van der Waals surface area contributed by atoms with Gasteiger partial charge in [0.1, 0.15) is 0 Å². The average Bonchev–Trinajstić information content (AvgIpc) is 2.40. The van der Waals surface area contributed by atoms with E-state index in [9.17, 15) is 0 Å². The Morgan fingerprint density at radius 1 is 1.28 bits per heavy atom. The van der Waals surface area contributed by atoms with Crippen molar-refractivity contribution in [1.29, 1.82) is 0 Å². The van der Waals surface area contributed by atoms with Gasteiger partial charge in [-0.05, 0) is 45.7 Å². The van der Waals surface area contributed by atoms with Crippen LogP contribution in [-0.2, 0) is 4.74 Å². The molecule has 3 heteroatoms. The third kappa shape index (κ3) is 4.22. The smallest absolute Gasteiger partial charge is 0.0590 e. The second-order valence-electron chi connectivity index (χ2n) is 6.05. The molecule has 0 saturated carbocycles. The van der Waals surface area contributed by atoms with E-state index in [0.29, 0.717) is 6.10 Å². The van der Waals surface area contributed by atoms with Crippen LogP contribution in [0.3, 0.4) is 0 Å². The van der Waals surface area contributed by atoms with Crippen molar-refractivity contribution in [1.82, 2.24) is 10.2 Å². The Hall–Kier alpha value is -0.120. The molecule has 0 aromatic rings. The molecule has 1 N–H and O–H groups in total. The Labute approximate surface area is 112 Å². The summed E-state index contributed by atoms with van der Waals surface area (Å²) in [5.74, 6) is 0. The largest absolute Gasteiger partial charge is 0.378 e. The van der Waals surface area contributed by atoms with Gasteiger partial charge >= 0.3 is 0 Å². The second kappa shape index (κ2) is 7.46. The molecule has 3 unspecified atom stereocenters. The quantitative estimate of drug-likeness (QED) is 0.815. The number of nitrogens with zero attached hydrogens (tertiary/aromatic N) is 1. The number of ether oxygens (including phenoxy) is 1. The molecule has 0 bridgehead atoms. The monoisotopic (exact) mass is 254 g/mol. The first-order valence-corrected chi connectivity index (χ1v) is 7.84. The fourth-order valence-corrected chi connectivity index (χ4v) is 3.36. The summed E-state index contributed by atoms with van der Waals surface area (Å²) in [5, 5.41) is 3.65. The lowest BCUT2D eigenvalue weighted by atomic mass is 9.97. The van der Waals surface area contributed by atoms with E-state index in [2.05, 4.69) is 24.2 Å². The van der Waals surface area contributed by atoms with E-state index in [0.717, 1.165) is 18.7 Å². The predicted molar refractivity (Wildman–Crippen MR) is 75.9 cm³/mol. The molecule has 0 radical (unpaired) electrons. The van der Waals surface area contributed by atoms with Crippen LogP contribution < -0.4 is 5.32 Å². The van der Waals surface area contributed by atoms with Gasteiger partial charge in [-0.25, -0.2) is 0 Å². The van der Waals surface area contributed by atoms with Crippen LogP contribution >= 0.6 is 0 Å². The maximum Gasteiger partial charge on any atom is 0.0590 e. The van der Waals surface area contributed by atoms with Gasteiger partial charge in [0.2, 0.25) is 0 Å². The molecule has 106 valence electrons. The van der Waals surface area contributed by atoms with Crippen LogP contribution in [0.5, 0.6) is 0 Å². The maximum atomic E-state index is 5.85. The highest BCUT2D eigenvalue weighted by Gasteiger charge is 2.26. The van der Waals surface area contributed by atoms with Gasteiger partial charge in [0.05, 0.1) is 6.10 Å². The van der Waals surface area contributed by atoms with Crippen LogP contribution in [0.15, 0.2) is 0 Å². The molecule has 0 spiro atoms. The molecule has 2 fully saturated rings. The van der Waals surface area contributed by atoms with Gasteiger partial charge in [-0.3, -0.25) is 0 Å². The van der Waals surface area contributed by atoms with Gasteiger partial charge in [-0.1, -0.05) is 19.8 Å². The minimum atomic E-state index is 0.510. The molecular weight excluding hydrogens is 224 g/mol. The van der Waals surface area contributed by atoms with Crippen LogP contribution in [-0.4, -0.2) is 49.8 Å². The van der Waals surface area contributed by atoms with E-state index in [1.54, 1.807) is 0 Å². The van der Waals surface area contributed by atoms with Crippen molar-refractivity contribution >= 4 is 0 Å². The molecular formula is C15H30N2O. The van der Waals surface area contributed by atoms with Gasteiger partial charge in [0.25, 0.3) is 0 Å². The Bertz CT molecular complexity index is 227. The van der Waals surface area contributed by atoms with Crippen LogP contribution in [0.4, 0.5) is 0 Å². The molecule has 0 aromatic heterocycles. The summed E-state index contributed by atoms with van der Waals surface area (Å²) in [6.07, 6.45) is 9.54. The van der Waals surface area contributed by atoms with Crippen molar-refractivity contribution in [3.8, 4) is 0 Å². The SMILES string of the molecule is CCCC1CC(N(C)CC2CCCCN2)CCO1. The van der Waals surface area contributed by atoms with Gasteiger partial charge < -0.3 is 15.0 Å². The van der Waals surface area contributed by atoms with Crippen LogP contribution in [0, 0.1) is 0 Å². The van der Waals surface area contributed by atoms with E-state index < -0.39 is 0 Å². The normalized spacial score (nSPS) is 33.8. The zero-order chi connectivity index (χ0) is 12.8. The van der Waals surface area contributed by atoms with Crippen LogP contribution in [0.2, 0.25) is 0 Å². The lowest BCUT2D eigenvalue weighted by molar-refractivity contribution is -0.0274. The number of rotatable bonds is 5. The zero-order valence-corrected chi connectivity index (χ0v) is 12.2. The Kier molecular flexibility index (Phi) is 5.93. The number of piperidine rings is 1. The lowest BCUT2D eigenvalue weighted by Crippen LogP contribution is -2.48. The Balaban J connectivity index is 1.74. The topological polar surface area (TPSA) is 24.5 Å². The first-order valence-electron chi connectivity index (χ1n) is 7.84. The summed E-state index contributed by atoms with van der Waals surface area (Å²) in [6, 6.07) is 1.45. The Morgan fingerprint density at radius 3 is 2.89 bits per heavy atom. The number of hydrogen-bond acceptors (Lipinski definition) is 3. The highest BCUT2D eigenvalue weighted by atomic mass is 16.5. The summed E-state index contributed by atoms with van der Waals surface area (Å²) in [6.45, 7) is 5.63. The Morgan fingerprint density at radius 2 is 2.17 bits per heavy atom. The molecule has 2 saturated heterocycles. The number of hydrogen-bond donors (Lipinski definition) is 1. The van der Waals surface area contributed by atoms with Crippen molar-refractivity contribution in [2.75, 3.05) is 26.7 Å². The molecule has 0 aromatic carbocycles.